The lowest BCUT2D eigenvalue weighted by molar-refractivity contribution is 0.470. The fourth-order valence-electron chi connectivity index (χ4n) is 1.32. The zero-order valence-corrected chi connectivity index (χ0v) is 7.31. The van der Waals surface area contributed by atoms with Crippen molar-refractivity contribution in [1.82, 2.24) is 4.98 Å². The minimum atomic E-state index is -0.0617. The lowest BCUT2D eigenvalue weighted by Crippen LogP contribution is -1.80. The molecule has 1 heterocycles. The van der Waals surface area contributed by atoms with Gasteiger partial charge in [-0.3, -0.25) is 9.98 Å². The molecule has 70 valence electrons. The van der Waals surface area contributed by atoms with Gasteiger partial charge in [0.15, 0.2) is 5.75 Å². The molecule has 4 heteroatoms. The zero-order chi connectivity index (χ0) is 10.1. The number of aliphatic imine (C=N–C) groups is 1. The summed E-state index contributed by atoms with van der Waals surface area (Å²) in [6.07, 6.45) is 1.54. The smallest absolute Gasteiger partial charge is 0.168 e. The van der Waals surface area contributed by atoms with Crippen LogP contribution in [0.5, 0.6) is 11.5 Å². The van der Waals surface area contributed by atoms with Crippen LogP contribution in [0.2, 0.25) is 0 Å². The average Bonchev–Trinajstić information content (AvgIpc) is 2.23. The Morgan fingerprint density at radius 1 is 1.36 bits per heavy atom. The first-order valence-electron chi connectivity index (χ1n) is 4.00. The van der Waals surface area contributed by atoms with E-state index in [1.165, 1.54) is 12.3 Å². The van der Waals surface area contributed by atoms with Gasteiger partial charge in [-0.25, -0.2) is 0 Å². The number of phenolic OH excluding ortho intramolecular Hbond substituents is 2. The van der Waals surface area contributed by atoms with E-state index in [4.69, 9.17) is 0 Å². The van der Waals surface area contributed by atoms with Crippen molar-refractivity contribution in [1.29, 1.82) is 0 Å². The summed E-state index contributed by atoms with van der Waals surface area (Å²) in [5.74, 6) is -0.0262. The molecule has 0 amide bonds. The summed E-state index contributed by atoms with van der Waals surface area (Å²) in [4.78, 5) is 7.53. The molecule has 0 spiro atoms. The number of nitrogens with zero attached hydrogens (tertiary/aromatic N) is 2. The van der Waals surface area contributed by atoms with E-state index in [1.54, 1.807) is 12.1 Å². The molecule has 0 atom stereocenters. The highest BCUT2D eigenvalue weighted by Gasteiger charge is 2.09. The molecule has 0 saturated carbocycles. The molecule has 0 bridgehead atoms. The van der Waals surface area contributed by atoms with Crippen LogP contribution in [0.3, 0.4) is 0 Å². The van der Waals surface area contributed by atoms with Crippen molar-refractivity contribution in [3.05, 3.63) is 24.4 Å². The third-order valence-corrected chi connectivity index (χ3v) is 1.99. The quantitative estimate of drug-likeness (QED) is 0.531. The van der Waals surface area contributed by atoms with Crippen LogP contribution in [0.25, 0.3) is 10.9 Å². The van der Waals surface area contributed by atoms with Gasteiger partial charge in [0, 0.05) is 17.6 Å². The normalized spacial score (nSPS) is 10.3. The van der Waals surface area contributed by atoms with Gasteiger partial charge < -0.3 is 10.2 Å². The minimum absolute atomic E-state index is 0.0355. The number of aromatic hydroxyl groups is 2. The van der Waals surface area contributed by atoms with Gasteiger partial charge in [-0.1, -0.05) is 0 Å². The molecule has 0 aliphatic carbocycles. The Morgan fingerprint density at radius 2 is 2.14 bits per heavy atom. The molecule has 0 fully saturated rings. The van der Waals surface area contributed by atoms with Crippen molar-refractivity contribution in [2.24, 2.45) is 4.99 Å². The first-order valence-corrected chi connectivity index (χ1v) is 4.00. The molecule has 14 heavy (non-hydrogen) atoms. The Hall–Kier alpha value is -2.10. The SMILES string of the molecule is C=Nc1cc(O)c2cccnc2c1O. The molecule has 0 aliphatic heterocycles. The number of fused-ring (bicyclic) bond motifs is 1. The molecule has 0 aliphatic rings. The minimum Gasteiger partial charge on any atom is -0.507 e. The molecule has 1 aromatic heterocycles. The standard InChI is InChI=1S/C10H8N2O2/c1-11-7-5-8(13)6-3-2-4-12-9(6)10(7)14/h2-5,13-14H,1H2. The third kappa shape index (κ3) is 1.08. The number of phenols is 2. The summed E-state index contributed by atoms with van der Waals surface area (Å²) >= 11 is 0. The predicted octanol–water partition coefficient (Wildman–Crippen LogP) is 1.98. The predicted molar refractivity (Wildman–Crippen MR) is 54.3 cm³/mol. The highest BCUT2D eigenvalue weighted by Crippen LogP contribution is 2.38. The lowest BCUT2D eigenvalue weighted by atomic mass is 10.1. The van der Waals surface area contributed by atoms with E-state index in [9.17, 15) is 10.2 Å². The molecule has 0 radical (unpaired) electrons. The van der Waals surface area contributed by atoms with Crippen LogP contribution in [0.4, 0.5) is 5.69 Å². The van der Waals surface area contributed by atoms with E-state index >= 15 is 0 Å². The van der Waals surface area contributed by atoms with Gasteiger partial charge in [0.1, 0.15) is 17.0 Å². The summed E-state index contributed by atoms with van der Waals surface area (Å²) in [7, 11) is 0. The number of aromatic nitrogens is 1. The van der Waals surface area contributed by atoms with Gasteiger partial charge in [-0.2, -0.15) is 0 Å². The monoisotopic (exact) mass is 188 g/mol. The Morgan fingerprint density at radius 3 is 2.86 bits per heavy atom. The highest BCUT2D eigenvalue weighted by atomic mass is 16.3. The largest absolute Gasteiger partial charge is 0.507 e. The highest BCUT2D eigenvalue weighted by molar-refractivity contribution is 5.94. The van der Waals surface area contributed by atoms with Crippen LogP contribution in [-0.2, 0) is 0 Å². The van der Waals surface area contributed by atoms with E-state index in [1.807, 2.05) is 0 Å². The van der Waals surface area contributed by atoms with Crippen LogP contribution in [0.15, 0.2) is 29.4 Å². The maximum atomic E-state index is 9.67. The van der Waals surface area contributed by atoms with Crippen molar-refractivity contribution in [2.45, 2.75) is 0 Å². The van der Waals surface area contributed by atoms with Gasteiger partial charge in [-0.05, 0) is 18.9 Å². The molecule has 0 unspecified atom stereocenters. The number of rotatable bonds is 1. The van der Waals surface area contributed by atoms with Crippen LogP contribution < -0.4 is 0 Å². The fourth-order valence-corrected chi connectivity index (χ4v) is 1.32. The van der Waals surface area contributed by atoms with E-state index in [0.29, 0.717) is 10.9 Å². The molecular formula is C10H8N2O2. The summed E-state index contributed by atoms with van der Waals surface area (Å²) < 4.78 is 0. The molecule has 1 aromatic carbocycles. The number of hydrogen-bond donors (Lipinski definition) is 2. The van der Waals surface area contributed by atoms with Crippen LogP contribution in [0, 0.1) is 0 Å². The van der Waals surface area contributed by atoms with Crippen LogP contribution in [-0.4, -0.2) is 21.9 Å². The molecule has 0 saturated heterocycles. The molecule has 2 aromatic rings. The van der Waals surface area contributed by atoms with Gasteiger partial charge in [0.05, 0.1) is 0 Å². The second-order valence-electron chi connectivity index (χ2n) is 2.82. The first-order chi connectivity index (χ1) is 6.74. The molecule has 2 rings (SSSR count). The van der Waals surface area contributed by atoms with Crippen molar-refractivity contribution in [3.8, 4) is 11.5 Å². The van der Waals surface area contributed by atoms with Crippen molar-refractivity contribution >= 4 is 23.3 Å². The summed E-state index contributed by atoms with van der Waals surface area (Å²) in [5, 5.41) is 19.7. The summed E-state index contributed by atoms with van der Waals surface area (Å²) in [5.41, 5.74) is 0.559. The summed E-state index contributed by atoms with van der Waals surface area (Å²) in [6, 6.07) is 4.71. The number of benzene rings is 1. The van der Waals surface area contributed by atoms with Gasteiger partial charge in [-0.15, -0.1) is 0 Å². The number of pyridine rings is 1. The number of hydrogen-bond acceptors (Lipinski definition) is 4. The van der Waals surface area contributed by atoms with E-state index in [2.05, 4.69) is 16.7 Å². The lowest BCUT2D eigenvalue weighted by Gasteiger charge is -2.04. The Kier molecular flexibility index (Phi) is 1.81. The van der Waals surface area contributed by atoms with Crippen LogP contribution in [0.1, 0.15) is 0 Å². The Labute approximate surface area is 80.2 Å². The van der Waals surface area contributed by atoms with Crippen LogP contribution >= 0.6 is 0 Å². The zero-order valence-electron chi connectivity index (χ0n) is 7.31. The second-order valence-corrected chi connectivity index (χ2v) is 2.82. The summed E-state index contributed by atoms with van der Waals surface area (Å²) in [6.45, 7) is 3.29. The topological polar surface area (TPSA) is 65.7 Å². The van der Waals surface area contributed by atoms with E-state index < -0.39 is 0 Å². The second kappa shape index (κ2) is 2.99. The average molecular weight is 188 g/mol. The van der Waals surface area contributed by atoms with Gasteiger partial charge in [0.25, 0.3) is 0 Å². The molecule has 2 N–H and O–H groups in total. The molecular weight excluding hydrogens is 180 g/mol. The van der Waals surface area contributed by atoms with Gasteiger partial charge in [0.2, 0.25) is 0 Å². The first kappa shape index (κ1) is 8.50. The van der Waals surface area contributed by atoms with E-state index in [0.717, 1.165) is 0 Å². The molecule has 4 nitrogen and oxygen atoms in total. The maximum Gasteiger partial charge on any atom is 0.168 e. The van der Waals surface area contributed by atoms with Crippen molar-refractivity contribution < 1.29 is 10.2 Å². The fraction of sp³-hybridized carbons (Fsp3) is 0. The Balaban J connectivity index is 2.94. The third-order valence-electron chi connectivity index (χ3n) is 1.99. The maximum absolute atomic E-state index is 9.67. The van der Waals surface area contributed by atoms with Gasteiger partial charge >= 0.3 is 0 Å². The van der Waals surface area contributed by atoms with Crippen molar-refractivity contribution in [3.63, 3.8) is 0 Å². The Bertz CT molecular complexity index is 509. The van der Waals surface area contributed by atoms with Crippen molar-refractivity contribution in [2.75, 3.05) is 0 Å². The van der Waals surface area contributed by atoms with E-state index in [-0.39, 0.29) is 17.2 Å².